The minimum Gasteiger partial charge on any atom is -0.342 e. The first-order chi connectivity index (χ1) is 8.85. The summed E-state index contributed by atoms with van der Waals surface area (Å²) in [6.07, 6.45) is 4.77. The van der Waals surface area contributed by atoms with Gasteiger partial charge < -0.3 is 10.3 Å². The van der Waals surface area contributed by atoms with E-state index in [1.54, 1.807) is 0 Å². The maximum Gasteiger partial charge on any atom is 0.107 e. The Morgan fingerprint density at radius 2 is 2.33 bits per heavy atom. The second-order valence-electron chi connectivity index (χ2n) is 5.31. The van der Waals surface area contributed by atoms with Gasteiger partial charge in [-0.1, -0.05) is 13.0 Å². The summed E-state index contributed by atoms with van der Waals surface area (Å²) in [7, 11) is 0. The molecule has 1 aliphatic heterocycles. The van der Waals surface area contributed by atoms with Crippen LogP contribution < -0.4 is 5.32 Å². The standard InChI is InChI=1S/C15H21N3/c1-2-11-5-6-13-14(8-11)18-15(17-13)9-12-4-3-7-16-10-12/h5-6,8,12,16H,2-4,7,9-10H2,1H3,(H,17,18). The van der Waals surface area contributed by atoms with Crippen LogP contribution in [-0.2, 0) is 12.8 Å². The van der Waals surface area contributed by atoms with Crippen LogP contribution in [0.25, 0.3) is 11.0 Å². The molecule has 1 unspecified atom stereocenters. The van der Waals surface area contributed by atoms with E-state index in [9.17, 15) is 0 Å². The number of piperidine rings is 1. The van der Waals surface area contributed by atoms with Crippen molar-refractivity contribution >= 4 is 11.0 Å². The van der Waals surface area contributed by atoms with Crippen LogP contribution in [0.1, 0.15) is 31.2 Å². The minimum absolute atomic E-state index is 0.741. The van der Waals surface area contributed by atoms with Crippen molar-refractivity contribution < 1.29 is 0 Å². The zero-order chi connectivity index (χ0) is 12.4. The largest absolute Gasteiger partial charge is 0.342 e. The zero-order valence-electron chi connectivity index (χ0n) is 11.0. The van der Waals surface area contributed by atoms with Gasteiger partial charge >= 0.3 is 0 Å². The monoisotopic (exact) mass is 243 g/mol. The van der Waals surface area contributed by atoms with Crippen LogP contribution in [0.4, 0.5) is 0 Å². The van der Waals surface area contributed by atoms with Crippen LogP contribution in [0.3, 0.4) is 0 Å². The van der Waals surface area contributed by atoms with Crippen molar-refractivity contribution in [2.75, 3.05) is 13.1 Å². The molecule has 0 radical (unpaired) electrons. The third kappa shape index (κ3) is 2.41. The lowest BCUT2D eigenvalue weighted by Crippen LogP contribution is -2.31. The van der Waals surface area contributed by atoms with E-state index >= 15 is 0 Å². The quantitative estimate of drug-likeness (QED) is 0.870. The van der Waals surface area contributed by atoms with Gasteiger partial charge in [0.2, 0.25) is 0 Å². The summed E-state index contributed by atoms with van der Waals surface area (Å²) >= 11 is 0. The Kier molecular flexibility index (Phi) is 3.33. The molecule has 0 saturated carbocycles. The fourth-order valence-electron chi connectivity index (χ4n) is 2.80. The predicted octanol–water partition coefficient (Wildman–Crippen LogP) is 2.67. The van der Waals surface area contributed by atoms with Crippen molar-refractivity contribution in [3.05, 3.63) is 29.6 Å². The van der Waals surface area contributed by atoms with E-state index < -0.39 is 0 Å². The lowest BCUT2D eigenvalue weighted by atomic mass is 9.96. The molecular weight excluding hydrogens is 222 g/mol. The van der Waals surface area contributed by atoms with Gasteiger partial charge in [0.25, 0.3) is 0 Å². The summed E-state index contributed by atoms with van der Waals surface area (Å²) in [5, 5.41) is 3.47. The highest BCUT2D eigenvalue weighted by molar-refractivity contribution is 5.75. The van der Waals surface area contributed by atoms with E-state index in [1.165, 1.54) is 30.5 Å². The minimum atomic E-state index is 0.741. The van der Waals surface area contributed by atoms with E-state index in [-0.39, 0.29) is 0 Å². The molecule has 96 valence electrons. The maximum atomic E-state index is 4.70. The van der Waals surface area contributed by atoms with Gasteiger partial charge in [0.15, 0.2) is 0 Å². The van der Waals surface area contributed by atoms with E-state index in [2.05, 4.69) is 35.4 Å². The Labute approximate surface area is 108 Å². The highest BCUT2D eigenvalue weighted by atomic mass is 14.9. The second kappa shape index (κ2) is 5.11. The van der Waals surface area contributed by atoms with Gasteiger partial charge in [0, 0.05) is 6.42 Å². The molecule has 0 bridgehead atoms. The number of rotatable bonds is 3. The van der Waals surface area contributed by atoms with Gasteiger partial charge in [-0.15, -0.1) is 0 Å². The Hall–Kier alpha value is -1.35. The topological polar surface area (TPSA) is 40.7 Å². The number of aromatic nitrogens is 2. The predicted molar refractivity (Wildman–Crippen MR) is 74.8 cm³/mol. The van der Waals surface area contributed by atoms with Crippen LogP contribution in [0.5, 0.6) is 0 Å². The molecule has 2 N–H and O–H groups in total. The van der Waals surface area contributed by atoms with Crippen molar-refractivity contribution in [3.63, 3.8) is 0 Å². The summed E-state index contributed by atoms with van der Waals surface area (Å²) in [4.78, 5) is 8.18. The SMILES string of the molecule is CCc1ccc2nc(CC3CCCNC3)[nH]c2c1. The fourth-order valence-corrected chi connectivity index (χ4v) is 2.80. The Morgan fingerprint density at radius 3 is 3.11 bits per heavy atom. The maximum absolute atomic E-state index is 4.70. The van der Waals surface area contributed by atoms with Crippen molar-refractivity contribution in [2.24, 2.45) is 5.92 Å². The number of hydrogen-bond donors (Lipinski definition) is 2. The molecule has 3 nitrogen and oxygen atoms in total. The number of H-pyrrole nitrogens is 1. The molecule has 18 heavy (non-hydrogen) atoms. The number of nitrogens with one attached hydrogen (secondary N) is 2. The molecule has 1 aromatic heterocycles. The number of aryl methyl sites for hydroxylation is 1. The van der Waals surface area contributed by atoms with Gasteiger partial charge in [-0.3, -0.25) is 0 Å². The van der Waals surface area contributed by atoms with E-state index in [1.807, 2.05) is 0 Å². The molecular formula is C15H21N3. The van der Waals surface area contributed by atoms with Crippen LogP contribution in [0.15, 0.2) is 18.2 Å². The molecule has 1 saturated heterocycles. The highest BCUT2D eigenvalue weighted by Gasteiger charge is 2.15. The summed E-state index contributed by atoms with van der Waals surface area (Å²) in [6, 6.07) is 6.54. The summed E-state index contributed by atoms with van der Waals surface area (Å²) in [6.45, 7) is 4.50. The first kappa shape index (κ1) is 11.7. The lowest BCUT2D eigenvalue weighted by Gasteiger charge is -2.21. The van der Waals surface area contributed by atoms with Gasteiger partial charge in [-0.2, -0.15) is 0 Å². The number of hydrogen-bond acceptors (Lipinski definition) is 2. The molecule has 2 aromatic rings. The number of aromatic amines is 1. The van der Waals surface area contributed by atoms with Crippen LogP contribution in [0, 0.1) is 5.92 Å². The molecule has 1 atom stereocenters. The van der Waals surface area contributed by atoms with Crippen molar-refractivity contribution in [1.82, 2.24) is 15.3 Å². The molecule has 0 aliphatic carbocycles. The third-order valence-electron chi connectivity index (χ3n) is 3.88. The molecule has 2 heterocycles. The number of benzene rings is 1. The molecule has 0 amide bonds. The van der Waals surface area contributed by atoms with Crippen LogP contribution >= 0.6 is 0 Å². The lowest BCUT2D eigenvalue weighted by molar-refractivity contribution is 0.371. The first-order valence-electron chi connectivity index (χ1n) is 7.03. The molecule has 1 aliphatic rings. The van der Waals surface area contributed by atoms with Crippen LogP contribution in [0.2, 0.25) is 0 Å². The summed E-state index contributed by atoms with van der Waals surface area (Å²) < 4.78 is 0. The Morgan fingerprint density at radius 1 is 1.39 bits per heavy atom. The van der Waals surface area contributed by atoms with Crippen molar-refractivity contribution in [2.45, 2.75) is 32.6 Å². The molecule has 1 aromatic carbocycles. The van der Waals surface area contributed by atoms with Gasteiger partial charge in [0.05, 0.1) is 11.0 Å². The average molecular weight is 243 g/mol. The van der Waals surface area contributed by atoms with Gasteiger partial charge in [-0.25, -0.2) is 4.98 Å². The third-order valence-corrected chi connectivity index (χ3v) is 3.88. The summed E-state index contributed by atoms with van der Waals surface area (Å²) in [5.74, 6) is 1.89. The van der Waals surface area contributed by atoms with E-state index in [4.69, 9.17) is 4.98 Å². The smallest absolute Gasteiger partial charge is 0.107 e. The van der Waals surface area contributed by atoms with Gasteiger partial charge in [-0.05, 0) is 56.0 Å². The van der Waals surface area contributed by atoms with Crippen LogP contribution in [-0.4, -0.2) is 23.1 Å². The average Bonchev–Trinajstić information content (AvgIpc) is 2.80. The van der Waals surface area contributed by atoms with E-state index in [0.29, 0.717) is 0 Å². The number of nitrogens with zero attached hydrogens (tertiary/aromatic N) is 1. The van der Waals surface area contributed by atoms with Crippen molar-refractivity contribution in [3.8, 4) is 0 Å². The molecule has 1 fully saturated rings. The van der Waals surface area contributed by atoms with Gasteiger partial charge in [0.1, 0.15) is 5.82 Å². The Balaban J connectivity index is 1.79. The second-order valence-corrected chi connectivity index (χ2v) is 5.31. The zero-order valence-corrected chi connectivity index (χ0v) is 11.0. The molecule has 3 rings (SSSR count). The van der Waals surface area contributed by atoms with E-state index in [0.717, 1.165) is 36.6 Å². The first-order valence-corrected chi connectivity index (χ1v) is 7.03. The Bertz CT molecular complexity index is 524. The molecule has 3 heteroatoms. The number of fused-ring (bicyclic) bond motifs is 1. The highest BCUT2D eigenvalue weighted by Crippen LogP contribution is 2.18. The van der Waals surface area contributed by atoms with Crippen molar-refractivity contribution in [1.29, 1.82) is 0 Å². The molecule has 0 spiro atoms. The fraction of sp³-hybridized carbons (Fsp3) is 0.533. The number of imidazole rings is 1. The normalized spacial score (nSPS) is 20.4. The summed E-state index contributed by atoms with van der Waals surface area (Å²) in [5.41, 5.74) is 3.66.